The van der Waals surface area contributed by atoms with E-state index < -0.39 is 11.5 Å². The molecule has 1 amide bonds. The van der Waals surface area contributed by atoms with Gasteiger partial charge in [-0.05, 0) is 184 Å². The molecular formula is C52H62ClF3N4O3S3. The molecule has 0 aromatic heterocycles. The van der Waals surface area contributed by atoms with E-state index >= 15 is 0 Å². The standard InChI is InChI=1S/C32H29ClF3N3OS2.C20H33NO2S/c33-25-9-5-22(6-10-25)28-4-2-1-3-24(28)19-21-15-17-39(18-16-21)26-11-7-23(8-12-26)31(40)38-42-27-13-14-29(37)30(20-27)41-32(34,35)36;1-21(16-10-5-3-2-4-9-15-20(22)23)17-11-12-18-24-19-13-7-6-8-14-19/h1-14,20-21H,15-19,37H2,(H,38,40);6-8,13-14H,2-5,9-12,15-18H2,1H3,(H,22,23). The maximum atomic E-state index is 12.8. The van der Waals surface area contributed by atoms with Gasteiger partial charge in [-0.15, -0.1) is 11.8 Å². The Morgan fingerprint density at radius 2 is 1.42 bits per heavy atom. The second-order valence-corrected chi connectivity index (χ2v) is 20.2. The Labute approximate surface area is 407 Å². The van der Waals surface area contributed by atoms with E-state index in [2.05, 4.69) is 88.3 Å². The number of alkyl halides is 3. The number of rotatable bonds is 23. The lowest BCUT2D eigenvalue weighted by Gasteiger charge is -2.34. The van der Waals surface area contributed by atoms with E-state index in [-0.39, 0.29) is 28.3 Å². The van der Waals surface area contributed by atoms with Gasteiger partial charge in [-0.3, -0.25) is 14.3 Å². The number of carbonyl (C=O) groups excluding carboxylic acids is 1. The Hall–Kier alpha value is -4.27. The van der Waals surface area contributed by atoms with Crippen LogP contribution in [0.5, 0.6) is 0 Å². The van der Waals surface area contributed by atoms with Gasteiger partial charge in [-0.2, -0.15) is 13.2 Å². The highest BCUT2D eigenvalue weighted by Gasteiger charge is 2.30. The average molecular weight is 980 g/mol. The number of carboxylic acids is 1. The number of thioether (sulfide) groups is 2. The Kier molecular flexibility index (Phi) is 22.5. The summed E-state index contributed by atoms with van der Waals surface area (Å²) in [5.74, 6) is 0.791. The van der Waals surface area contributed by atoms with Crippen molar-refractivity contribution in [2.45, 2.75) is 97.2 Å². The zero-order chi connectivity index (χ0) is 47.2. The van der Waals surface area contributed by atoms with E-state index in [0.717, 1.165) is 67.9 Å². The summed E-state index contributed by atoms with van der Waals surface area (Å²) in [6, 6.07) is 38.9. The molecule has 1 aliphatic rings. The van der Waals surface area contributed by atoms with E-state index in [1.165, 1.54) is 91.1 Å². The minimum absolute atomic E-state index is 0.0374. The average Bonchev–Trinajstić information content (AvgIpc) is 3.31. The third kappa shape index (κ3) is 19.5. The number of hydrogen-bond acceptors (Lipinski definition) is 8. The van der Waals surface area contributed by atoms with Gasteiger partial charge < -0.3 is 20.6 Å². The molecule has 0 bridgehead atoms. The number of halogens is 4. The fraction of sp³-hybridized carbons (Fsp3) is 0.385. The number of nitrogens with one attached hydrogen (secondary N) is 1. The van der Waals surface area contributed by atoms with Crippen LogP contribution in [0, 0.1) is 5.92 Å². The molecule has 1 aliphatic heterocycles. The van der Waals surface area contributed by atoms with Gasteiger partial charge in [0.1, 0.15) is 0 Å². The molecule has 1 fully saturated rings. The number of nitrogens with zero attached hydrogens (tertiary/aromatic N) is 2. The van der Waals surface area contributed by atoms with E-state index in [9.17, 15) is 22.8 Å². The van der Waals surface area contributed by atoms with Gasteiger partial charge in [0.25, 0.3) is 5.91 Å². The van der Waals surface area contributed by atoms with Crippen LogP contribution in [-0.4, -0.2) is 66.4 Å². The van der Waals surface area contributed by atoms with Crippen molar-refractivity contribution in [3.63, 3.8) is 0 Å². The Morgan fingerprint density at radius 1 is 0.788 bits per heavy atom. The molecule has 0 atom stereocenters. The van der Waals surface area contributed by atoms with Crippen LogP contribution in [-0.2, 0) is 11.2 Å². The predicted octanol–water partition coefficient (Wildman–Crippen LogP) is 14.4. The van der Waals surface area contributed by atoms with Crippen LogP contribution < -0.4 is 15.4 Å². The lowest BCUT2D eigenvalue weighted by Crippen LogP contribution is -2.34. The number of hydrogen-bond donors (Lipinski definition) is 3. The van der Waals surface area contributed by atoms with Gasteiger partial charge in [0.15, 0.2) is 0 Å². The fourth-order valence-corrected chi connectivity index (χ4v) is 10.2. The zero-order valence-electron chi connectivity index (χ0n) is 37.6. The highest BCUT2D eigenvalue weighted by Crippen LogP contribution is 2.41. The first-order valence-corrected chi connectivity index (χ1v) is 25.7. The van der Waals surface area contributed by atoms with Crippen molar-refractivity contribution in [1.29, 1.82) is 0 Å². The first-order valence-electron chi connectivity index (χ1n) is 22.7. The molecule has 0 aliphatic carbocycles. The minimum atomic E-state index is -4.44. The fourth-order valence-electron chi connectivity index (χ4n) is 7.76. The monoisotopic (exact) mass is 978 g/mol. The van der Waals surface area contributed by atoms with Crippen molar-refractivity contribution in [1.82, 2.24) is 9.62 Å². The third-order valence-corrected chi connectivity index (χ3v) is 14.3. The number of aliphatic carboxylic acids is 1. The molecule has 14 heteroatoms. The minimum Gasteiger partial charge on any atom is -0.481 e. The molecule has 4 N–H and O–H groups in total. The van der Waals surface area contributed by atoms with Crippen molar-refractivity contribution in [3.05, 3.63) is 137 Å². The summed E-state index contributed by atoms with van der Waals surface area (Å²) >= 11 is 8.72. The van der Waals surface area contributed by atoms with Crippen molar-refractivity contribution in [2.24, 2.45) is 5.92 Å². The molecule has 1 saturated heterocycles. The van der Waals surface area contributed by atoms with Crippen LogP contribution in [0.25, 0.3) is 11.1 Å². The molecular weight excluding hydrogens is 917 g/mol. The summed E-state index contributed by atoms with van der Waals surface area (Å²) in [5, 5.41) is 9.30. The first-order chi connectivity index (χ1) is 31.8. The van der Waals surface area contributed by atoms with Crippen molar-refractivity contribution >= 4 is 70.3 Å². The van der Waals surface area contributed by atoms with Gasteiger partial charge in [-0.1, -0.05) is 91.9 Å². The largest absolute Gasteiger partial charge is 0.481 e. The lowest BCUT2D eigenvalue weighted by molar-refractivity contribution is -0.137. The van der Waals surface area contributed by atoms with Crippen molar-refractivity contribution in [3.8, 4) is 11.1 Å². The summed E-state index contributed by atoms with van der Waals surface area (Å²) in [4.78, 5) is 29.6. The lowest BCUT2D eigenvalue weighted by atomic mass is 9.87. The summed E-state index contributed by atoms with van der Waals surface area (Å²) in [7, 11) is 2.22. The zero-order valence-corrected chi connectivity index (χ0v) is 40.8. The van der Waals surface area contributed by atoms with Gasteiger partial charge in [0.05, 0.1) is 0 Å². The number of carboxylic acid groups (broad SMARTS) is 1. The number of unbranched alkanes of at least 4 members (excludes halogenated alkanes) is 6. The smallest absolute Gasteiger partial charge is 0.446 e. The molecule has 66 heavy (non-hydrogen) atoms. The summed E-state index contributed by atoms with van der Waals surface area (Å²) in [5.41, 5.74) is 6.57. The van der Waals surface area contributed by atoms with Gasteiger partial charge in [-0.25, -0.2) is 0 Å². The molecule has 5 aromatic rings. The highest BCUT2D eigenvalue weighted by molar-refractivity contribution is 8.00. The topological polar surface area (TPSA) is 98.9 Å². The number of carbonyl (C=O) groups is 2. The van der Waals surface area contributed by atoms with Crippen LogP contribution in [0.15, 0.2) is 136 Å². The molecule has 1 heterocycles. The maximum Gasteiger partial charge on any atom is 0.446 e. The number of benzene rings is 5. The van der Waals surface area contributed by atoms with Crippen LogP contribution in [0.4, 0.5) is 24.5 Å². The molecule has 0 radical (unpaired) electrons. The van der Waals surface area contributed by atoms with E-state index in [1.807, 2.05) is 36.0 Å². The number of anilines is 2. The summed E-state index contributed by atoms with van der Waals surface area (Å²) in [6.07, 6.45) is 12.9. The molecule has 7 nitrogen and oxygen atoms in total. The quantitative estimate of drug-likeness (QED) is 0.0256. The molecule has 0 spiro atoms. The third-order valence-electron chi connectivity index (χ3n) is 11.4. The van der Waals surface area contributed by atoms with Crippen LogP contribution in [0.1, 0.15) is 86.6 Å². The van der Waals surface area contributed by atoms with Crippen molar-refractivity contribution < 1.29 is 27.9 Å². The van der Waals surface area contributed by atoms with Crippen LogP contribution in [0.2, 0.25) is 5.02 Å². The number of nitrogen functional groups attached to an aromatic ring is 1. The van der Waals surface area contributed by atoms with Crippen LogP contribution >= 0.6 is 47.1 Å². The van der Waals surface area contributed by atoms with Crippen LogP contribution in [0.3, 0.4) is 0 Å². The Morgan fingerprint density at radius 3 is 2.11 bits per heavy atom. The van der Waals surface area contributed by atoms with E-state index in [0.29, 0.717) is 22.8 Å². The second kappa shape index (κ2) is 28.2. The summed E-state index contributed by atoms with van der Waals surface area (Å²) < 4.78 is 41.0. The number of piperidine rings is 1. The molecule has 0 unspecified atom stereocenters. The molecule has 0 saturated carbocycles. The van der Waals surface area contributed by atoms with Crippen molar-refractivity contribution in [2.75, 3.05) is 49.6 Å². The van der Waals surface area contributed by atoms with E-state index in [1.54, 1.807) is 18.2 Å². The number of nitrogens with two attached hydrogens (primary N) is 1. The Bertz CT molecular complexity index is 2210. The van der Waals surface area contributed by atoms with E-state index in [4.69, 9.17) is 22.4 Å². The molecule has 5 aromatic carbocycles. The Balaban J connectivity index is 0.000000290. The number of amides is 1. The predicted molar refractivity (Wildman–Crippen MR) is 272 cm³/mol. The SMILES string of the molecule is CN(CCCCCCCCC(=O)O)CCCCSc1ccccc1.Nc1ccc(SNC(=O)c2ccc(N3CCC(Cc4ccccc4-c4ccc(Cl)cc4)CC3)cc2)cc1SC(F)(F)F. The normalized spacial score (nSPS) is 13.0. The maximum absolute atomic E-state index is 12.8. The first kappa shape index (κ1) is 52.7. The van der Waals surface area contributed by atoms with Gasteiger partial charge >= 0.3 is 11.5 Å². The molecule has 6 rings (SSSR count). The van der Waals surface area contributed by atoms with Gasteiger partial charge in [0, 0.05) is 56.2 Å². The van der Waals surface area contributed by atoms with Gasteiger partial charge in [0.2, 0.25) is 0 Å². The second-order valence-electron chi connectivity index (χ2n) is 16.6. The molecule has 354 valence electrons. The highest BCUT2D eigenvalue weighted by atomic mass is 35.5. The summed E-state index contributed by atoms with van der Waals surface area (Å²) in [6.45, 7) is 4.24.